The highest BCUT2D eigenvalue weighted by atomic mass is 16.6. The number of carbonyl (C=O) groups is 2. The average molecular weight is 249 g/mol. The molecule has 1 amide bonds. The molecule has 1 saturated heterocycles. The summed E-state index contributed by atoms with van der Waals surface area (Å²) in [5.74, 6) is -1.00. The number of cyclic esters (lactones) is 1. The van der Waals surface area contributed by atoms with Crippen molar-refractivity contribution in [1.82, 2.24) is 4.90 Å². The number of aliphatic carboxylic acids is 1. The Balaban J connectivity index is 2.13. The number of hydrogen-bond acceptors (Lipinski definition) is 3. The van der Waals surface area contributed by atoms with E-state index in [1.807, 2.05) is 30.3 Å². The molecule has 1 N–H and O–H groups in total. The Kier molecular flexibility index (Phi) is 3.82. The summed E-state index contributed by atoms with van der Waals surface area (Å²) in [4.78, 5) is 24.2. The van der Waals surface area contributed by atoms with E-state index in [-0.39, 0.29) is 0 Å². The van der Waals surface area contributed by atoms with E-state index in [2.05, 4.69) is 0 Å². The molecule has 1 atom stereocenters. The van der Waals surface area contributed by atoms with E-state index in [0.29, 0.717) is 26.0 Å². The summed E-state index contributed by atoms with van der Waals surface area (Å²) in [6.45, 7) is 0.801. The molecule has 2 rings (SSSR count). The van der Waals surface area contributed by atoms with Crippen LogP contribution >= 0.6 is 0 Å². The molecule has 1 aliphatic heterocycles. The number of ether oxygens (including phenoxy) is 1. The van der Waals surface area contributed by atoms with E-state index in [4.69, 9.17) is 4.74 Å². The van der Waals surface area contributed by atoms with E-state index in [9.17, 15) is 14.7 Å². The molecule has 1 aromatic carbocycles. The first-order valence-electron chi connectivity index (χ1n) is 5.88. The van der Waals surface area contributed by atoms with Gasteiger partial charge in [0.25, 0.3) is 0 Å². The summed E-state index contributed by atoms with van der Waals surface area (Å²) in [5.41, 5.74) is 0.892. The highest BCUT2D eigenvalue weighted by molar-refractivity contribution is 5.80. The fourth-order valence-electron chi connectivity index (χ4n) is 2.02. The van der Waals surface area contributed by atoms with E-state index >= 15 is 0 Å². The van der Waals surface area contributed by atoms with Crippen LogP contribution in [0.2, 0.25) is 0 Å². The van der Waals surface area contributed by atoms with Gasteiger partial charge in [-0.25, -0.2) is 9.59 Å². The predicted molar refractivity (Wildman–Crippen MR) is 64.2 cm³/mol. The lowest BCUT2D eigenvalue weighted by molar-refractivity contribution is -0.143. The third-order valence-electron chi connectivity index (χ3n) is 2.94. The van der Waals surface area contributed by atoms with Crippen molar-refractivity contribution in [3.8, 4) is 0 Å². The molecular formula is C13H15NO4. The van der Waals surface area contributed by atoms with Crippen LogP contribution in [0.3, 0.4) is 0 Å². The van der Waals surface area contributed by atoms with E-state index in [1.54, 1.807) is 0 Å². The Labute approximate surface area is 105 Å². The minimum atomic E-state index is -1.00. The fraction of sp³-hybridized carbons (Fsp3) is 0.385. The fourth-order valence-corrected chi connectivity index (χ4v) is 2.02. The van der Waals surface area contributed by atoms with Crippen molar-refractivity contribution in [3.05, 3.63) is 35.9 Å². The maximum Gasteiger partial charge on any atom is 0.410 e. The van der Waals surface area contributed by atoms with Crippen LogP contribution in [0.4, 0.5) is 4.79 Å². The number of carboxylic acids is 1. The van der Waals surface area contributed by atoms with Gasteiger partial charge >= 0.3 is 12.1 Å². The first kappa shape index (κ1) is 12.4. The molecule has 96 valence electrons. The van der Waals surface area contributed by atoms with Crippen molar-refractivity contribution in [3.63, 3.8) is 0 Å². The number of carboxylic acid groups (broad SMARTS) is 1. The standard InChI is InChI=1S/C13H15NO4/c15-12(16)11(9-10-5-2-1-3-6-10)14-7-4-8-18-13(14)17/h1-3,5-6,11H,4,7-9H2,(H,15,16)/t11-/m1/s1. The summed E-state index contributed by atoms with van der Waals surface area (Å²) >= 11 is 0. The molecule has 0 radical (unpaired) electrons. The van der Waals surface area contributed by atoms with Crippen LogP contribution < -0.4 is 0 Å². The second-order valence-corrected chi connectivity index (χ2v) is 4.21. The van der Waals surface area contributed by atoms with Gasteiger partial charge in [0.05, 0.1) is 6.61 Å². The lowest BCUT2D eigenvalue weighted by atomic mass is 10.0. The first-order valence-corrected chi connectivity index (χ1v) is 5.88. The van der Waals surface area contributed by atoms with Crippen molar-refractivity contribution < 1.29 is 19.4 Å². The zero-order chi connectivity index (χ0) is 13.0. The van der Waals surface area contributed by atoms with Crippen LogP contribution in [-0.4, -0.2) is 41.3 Å². The van der Waals surface area contributed by atoms with Crippen LogP contribution in [0.15, 0.2) is 30.3 Å². The van der Waals surface area contributed by atoms with Gasteiger partial charge in [-0.05, 0) is 12.0 Å². The number of rotatable bonds is 4. The molecule has 0 aliphatic carbocycles. The second kappa shape index (κ2) is 5.53. The number of hydrogen-bond donors (Lipinski definition) is 1. The number of amides is 1. The lowest BCUT2D eigenvalue weighted by Crippen LogP contribution is -2.49. The maximum atomic E-state index is 11.6. The molecule has 1 fully saturated rings. The minimum Gasteiger partial charge on any atom is -0.480 e. The number of carbonyl (C=O) groups excluding carboxylic acids is 1. The smallest absolute Gasteiger partial charge is 0.410 e. The van der Waals surface area contributed by atoms with Gasteiger partial charge in [-0.15, -0.1) is 0 Å². The molecule has 1 aliphatic rings. The quantitative estimate of drug-likeness (QED) is 0.878. The predicted octanol–water partition coefficient (Wildman–Crippen LogP) is 1.52. The molecule has 5 nitrogen and oxygen atoms in total. The Hall–Kier alpha value is -2.04. The number of nitrogens with zero attached hydrogens (tertiary/aromatic N) is 1. The molecule has 18 heavy (non-hydrogen) atoms. The second-order valence-electron chi connectivity index (χ2n) is 4.21. The van der Waals surface area contributed by atoms with E-state index in [1.165, 1.54) is 4.90 Å². The molecule has 0 unspecified atom stereocenters. The zero-order valence-corrected chi connectivity index (χ0v) is 9.91. The Bertz CT molecular complexity index is 432. The van der Waals surface area contributed by atoms with Gasteiger partial charge in [-0.2, -0.15) is 0 Å². The molecule has 0 saturated carbocycles. The van der Waals surface area contributed by atoms with Crippen LogP contribution in [0, 0.1) is 0 Å². The lowest BCUT2D eigenvalue weighted by Gasteiger charge is -2.31. The molecule has 1 heterocycles. The average Bonchev–Trinajstić information content (AvgIpc) is 2.38. The van der Waals surface area contributed by atoms with Gasteiger partial charge in [0.2, 0.25) is 0 Å². The maximum absolute atomic E-state index is 11.6. The Morgan fingerprint density at radius 3 is 2.72 bits per heavy atom. The SMILES string of the molecule is O=C(O)[C@@H](Cc1ccccc1)N1CCCOC1=O. The van der Waals surface area contributed by atoms with Crippen molar-refractivity contribution in [2.45, 2.75) is 18.9 Å². The Morgan fingerprint density at radius 2 is 2.11 bits per heavy atom. The summed E-state index contributed by atoms with van der Waals surface area (Å²) < 4.78 is 4.88. The van der Waals surface area contributed by atoms with Gasteiger partial charge in [0.1, 0.15) is 6.04 Å². The van der Waals surface area contributed by atoms with Crippen LogP contribution in [0.25, 0.3) is 0 Å². The van der Waals surface area contributed by atoms with Crippen molar-refractivity contribution in [2.75, 3.05) is 13.2 Å². The highest BCUT2D eigenvalue weighted by Crippen LogP contribution is 2.14. The van der Waals surface area contributed by atoms with E-state index < -0.39 is 18.1 Å². The molecular weight excluding hydrogens is 234 g/mol. The van der Waals surface area contributed by atoms with Gasteiger partial charge in [0.15, 0.2) is 0 Å². The van der Waals surface area contributed by atoms with Gasteiger partial charge in [0, 0.05) is 13.0 Å². The van der Waals surface area contributed by atoms with Crippen LogP contribution in [0.5, 0.6) is 0 Å². The highest BCUT2D eigenvalue weighted by Gasteiger charge is 2.32. The third-order valence-corrected chi connectivity index (χ3v) is 2.94. The third kappa shape index (κ3) is 2.80. The van der Waals surface area contributed by atoms with Crippen molar-refractivity contribution in [1.29, 1.82) is 0 Å². The molecule has 0 aromatic heterocycles. The van der Waals surface area contributed by atoms with Gasteiger partial charge < -0.3 is 9.84 Å². The molecule has 5 heteroatoms. The normalized spacial score (nSPS) is 17.1. The molecule has 0 spiro atoms. The molecule has 0 bridgehead atoms. The topological polar surface area (TPSA) is 66.8 Å². The number of benzene rings is 1. The van der Waals surface area contributed by atoms with E-state index in [0.717, 1.165) is 5.56 Å². The minimum absolute atomic E-state index is 0.297. The first-order chi connectivity index (χ1) is 8.68. The monoisotopic (exact) mass is 249 g/mol. The summed E-state index contributed by atoms with van der Waals surface area (Å²) in [5, 5.41) is 9.26. The summed E-state index contributed by atoms with van der Waals surface area (Å²) in [6.07, 6.45) is 0.430. The van der Waals surface area contributed by atoms with Gasteiger partial charge in [-0.3, -0.25) is 4.90 Å². The largest absolute Gasteiger partial charge is 0.480 e. The van der Waals surface area contributed by atoms with Gasteiger partial charge in [-0.1, -0.05) is 30.3 Å². The van der Waals surface area contributed by atoms with Crippen molar-refractivity contribution >= 4 is 12.1 Å². The van der Waals surface area contributed by atoms with Crippen molar-refractivity contribution in [2.24, 2.45) is 0 Å². The molecule has 1 aromatic rings. The Morgan fingerprint density at radius 1 is 1.39 bits per heavy atom. The van der Waals surface area contributed by atoms with Crippen LogP contribution in [-0.2, 0) is 16.0 Å². The summed E-state index contributed by atoms with van der Waals surface area (Å²) in [7, 11) is 0. The van der Waals surface area contributed by atoms with Crippen LogP contribution in [0.1, 0.15) is 12.0 Å². The summed E-state index contributed by atoms with van der Waals surface area (Å²) in [6, 6.07) is 8.41. The zero-order valence-electron chi connectivity index (χ0n) is 9.91.